The van der Waals surface area contributed by atoms with Crippen molar-refractivity contribution in [3.05, 3.63) is 30.1 Å². The molecule has 1 heterocycles. The number of carbonyl (C=O) groups is 1. The molecule has 5 heteroatoms. The van der Waals surface area contributed by atoms with E-state index in [-0.39, 0.29) is 0 Å². The monoisotopic (exact) mass is 191 g/mol. The molecule has 5 nitrogen and oxygen atoms in total. The molecule has 0 amide bonds. The highest BCUT2D eigenvalue weighted by Gasteiger charge is 2.14. The maximum absolute atomic E-state index is 10.6. The van der Waals surface area contributed by atoms with Gasteiger partial charge < -0.3 is 15.8 Å². The minimum atomic E-state index is -1.04. The summed E-state index contributed by atoms with van der Waals surface area (Å²) < 4.78 is 0. The van der Waals surface area contributed by atoms with Crippen LogP contribution in [0, 0.1) is 0 Å². The zero-order valence-electron chi connectivity index (χ0n) is 7.27. The van der Waals surface area contributed by atoms with Crippen molar-refractivity contribution >= 4 is 17.0 Å². The molecule has 14 heavy (non-hydrogen) atoms. The third-order valence-electron chi connectivity index (χ3n) is 2.07. The largest absolute Gasteiger partial charge is 0.480 e. The fourth-order valence-corrected chi connectivity index (χ4v) is 1.29. The maximum atomic E-state index is 10.6. The van der Waals surface area contributed by atoms with Gasteiger partial charge in [-0.1, -0.05) is 6.07 Å². The van der Waals surface area contributed by atoms with E-state index >= 15 is 0 Å². The van der Waals surface area contributed by atoms with Crippen LogP contribution in [0.2, 0.25) is 0 Å². The lowest BCUT2D eigenvalue weighted by atomic mass is 10.1. The Labute approximate surface area is 79.6 Å². The Morgan fingerprint density at radius 3 is 3.07 bits per heavy atom. The third-order valence-corrected chi connectivity index (χ3v) is 2.07. The Morgan fingerprint density at radius 2 is 2.36 bits per heavy atom. The van der Waals surface area contributed by atoms with E-state index in [2.05, 4.69) is 9.97 Å². The predicted molar refractivity (Wildman–Crippen MR) is 50.7 cm³/mol. The molecule has 1 atom stereocenters. The summed E-state index contributed by atoms with van der Waals surface area (Å²) in [7, 11) is 0. The highest BCUT2D eigenvalue weighted by Crippen LogP contribution is 2.16. The van der Waals surface area contributed by atoms with E-state index < -0.39 is 12.0 Å². The van der Waals surface area contributed by atoms with E-state index in [1.54, 1.807) is 24.5 Å². The van der Waals surface area contributed by atoms with Gasteiger partial charge >= 0.3 is 5.97 Å². The first-order chi connectivity index (χ1) is 6.68. The van der Waals surface area contributed by atoms with Crippen molar-refractivity contribution in [2.75, 3.05) is 0 Å². The molecule has 0 saturated carbocycles. The number of aliphatic carboxylic acids is 1. The van der Waals surface area contributed by atoms with Crippen LogP contribution in [0.1, 0.15) is 11.6 Å². The van der Waals surface area contributed by atoms with Crippen molar-refractivity contribution in [2.24, 2.45) is 5.73 Å². The molecule has 0 aliphatic rings. The number of carboxylic acids is 1. The summed E-state index contributed by atoms with van der Waals surface area (Å²) in [5.74, 6) is -1.04. The van der Waals surface area contributed by atoms with Crippen LogP contribution < -0.4 is 5.73 Å². The maximum Gasteiger partial charge on any atom is 0.325 e. The van der Waals surface area contributed by atoms with Crippen molar-refractivity contribution in [2.45, 2.75) is 6.04 Å². The minimum Gasteiger partial charge on any atom is -0.480 e. The van der Waals surface area contributed by atoms with Gasteiger partial charge in [-0.3, -0.25) is 4.79 Å². The van der Waals surface area contributed by atoms with Crippen LogP contribution in [-0.2, 0) is 4.79 Å². The number of carboxylic acid groups (broad SMARTS) is 1. The van der Waals surface area contributed by atoms with Gasteiger partial charge in [0.1, 0.15) is 6.04 Å². The van der Waals surface area contributed by atoms with E-state index in [9.17, 15) is 4.79 Å². The van der Waals surface area contributed by atoms with Gasteiger partial charge in [0.2, 0.25) is 0 Å². The van der Waals surface area contributed by atoms with Crippen LogP contribution >= 0.6 is 0 Å². The summed E-state index contributed by atoms with van der Waals surface area (Å²) in [6, 6.07) is 4.12. The van der Waals surface area contributed by atoms with Gasteiger partial charge in [-0.25, -0.2) is 4.98 Å². The summed E-state index contributed by atoms with van der Waals surface area (Å²) in [6.45, 7) is 0. The lowest BCUT2D eigenvalue weighted by molar-refractivity contribution is -0.138. The zero-order chi connectivity index (χ0) is 10.1. The first kappa shape index (κ1) is 8.71. The predicted octanol–water partition coefficient (Wildman–Crippen LogP) is 0.647. The molecule has 0 radical (unpaired) electrons. The minimum absolute atomic E-state index is 0.564. The van der Waals surface area contributed by atoms with Gasteiger partial charge in [0.15, 0.2) is 0 Å². The highest BCUT2D eigenvalue weighted by molar-refractivity contribution is 5.80. The van der Waals surface area contributed by atoms with E-state index in [0.717, 1.165) is 11.0 Å². The van der Waals surface area contributed by atoms with Gasteiger partial charge in [-0.05, 0) is 17.7 Å². The number of aromatic amines is 1. The summed E-state index contributed by atoms with van der Waals surface area (Å²) in [4.78, 5) is 17.5. The Bertz CT molecular complexity index is 478. The van der Waals surface area contributed by atoms with E-state index in [1.165, 1.54) is 0 Å². The molecule has 2 aromatic rings. The number of benzene rings is 1. The first-order valence-electron chi connectivity index (χ1n) is 4.10. The van der Waals surface area contributed by atoms with Crippen LogP contribution in [0.5, 0.6) is 0 Å². The molecule has 72 valence electrons. The van der Waals surface area contributed by atoms with Gasteiger partial charge in [0.05, 0.1) is 17.4 Å². The quantitative estimate of drug-likeness (QED) is 0.649. The average Bonchev–Trinajstić information content (AvgIpc) is 2.62. The number of rotatable bonds is 2. The summed E-state index contributed by atoms with van der Waals surface area (Å²) in [6.07, 6.45) is 1.56. The van der Waals surface area contributed by atoms with Crippen LogP contribution in [0.25, 0.3) is 11.0 Å². The Morgan fingerprint density at radius 1 is 1.57 bits per heavy atom. The molecule has 0 spiro atoms. The number of imidazole rings is 1. The molecular weight excluding hydrogens is 182 g/mol. The van der Waals surface area contributed by atoms with Gasteiger partial charge in [0, 0.05) is 0 Å². The van der Waals surface area contributed by atoms with Crippen molar-refractivity contribution in [3.8, 4) is 0 Å². The smallest absolute Gasteiger partial charge is 0.325 e. The fourth-order valence-electron chi connectivity index (χ4n) is 1.29. The number of fused-ring (bicyclic) bond motifs is 1. The molecule has 0 aliphatic heterocycles. The van der Waals surface area contributed by atoms with Crippen molar-refractivity contribution in [1.82, 2.24) is 9.97 Å². The van der Waals surface area contributed by atoms with E-state index in [1.807, 2.05) is 0 Å². The lowest BCUT2D eigenvalue weighted by Gasteiger charge is -2.05. The van der Waals surface area contributed by atoms with Crippen molar-refractivity contribution < 1.29 is 9.90 Å². The molecule has 1 aromatic heterocycles. The molecule has 0 unspecified atom stereocenters. The number of nitrogens with two attached hydrogens (primary N) is 1. The van der Waals surface area contributed by atoms with Crippen LogP contribution in [0.15, 0.2) is 24.5 Å². The third kappa shape index (κ3) is 1.33. The Kier molecular flexibility index (Phi) is 1.94. The van der Waals surface area contributed by atoms with Gasteiger partial charge in [0.25, 0.3) is 0 Å². The number of H-pyrrole nitrogens is 1. The molecule has 0 fully saturated rings. The average molecular weight is 191 g/mol. The van der Waals surface area contributed by atoms with Crippen molar-refractivity contribution in [1.29, 1.82) is 0 Å². The number of hydrogen-bond donors (Lipinski definition) is 3. The number of hydrogen-bond acceptors (Lipinski definition) is 3. The Hall–Kier alpha value is -1.88. The normalized spacial score (nSPS) is 12.9. The molecule has 0 aliphatic carbocycles. The molecular formula is C9H9N3O2. The van der Waals surface area contributed by atoms with Gasteiger partial charge in [-0.15, -0.1) is 0 Å². The van der Waals surface area contributed by atoms with Crippen LogP contribution in [0.4, 0.5) is 0 Å². The second-order valence-electron chi connectivity index (χ2n) is 3.00. The molecule has 1 aromatic carbocycles. The second-order valence-corrected chi connectivity index (χ2v) is 3.00. The first-order valence-corrected chi connectivity index (χ1v) is 4.10. The summed E-state index contributed by atoms with van der Waals surface area (Å²) in [5.41, 5.74) is 7.62. The SMILES string of the molecule is N[C@H](C(=O)O)c1ccc2nc[nH]c2c1. The van der Waals surface area contributed by atoms with E-state index in [4.69, 9.17) is 10.8 Å². The molecule has 0 saturated heterocycles. The van der Waals surface area contributed by atoms with E-state index in [0.29, 0.717) is 5.56 Å². The lowest BCUT2D eigenvalue weighted by Crippen LogP contribution is -2.20. The standard InChI is InChI=1S/C9H9N3O2/c10-8(9(13)14)5-1-2-6-7(3-5)12-4-11-6/h1-4,8H,10H2,(H,11,12)(H,13,14)/t8-/m0/s1. The zero-order valence-corrected chi connectivity index (χ0v) is 7.27. The number of aromatic nitrogens is 2. The molecule has 2 rings (SSSR count). The molecule has 0 bridgehead atoms. The highest BCUT2D eigenvalue weighted by atomic mass is 16.4. The van der Waals surface area contributed by atoms with Gasteiger partial charge in [-0.2, -0.15) is 0 Å². The van der Waals surface area contributed by atoms with Crippen molar-refractivity contribution in [3.63, 3.8) is 0 Å². The fraction of sp³-hybridized carbons (Fsp3) is 0.111. The second kappa shape index (κ2) is 3.12. The number of nitrogens with zero attached hydrogens (tertiary/aromatic N) is 1. The van der Waals surface area contributed by atoms with Crippen LogP contribution in [0.3, 0.4) is 0 Å². The summed E-state index contributed by atoms with van der Waals surface area (Å²) in [5, 5.41) is 8.71. The molecule has 4 N–H and O–H groups in total. The van der Waals surface area contributed by atoms with Crippen LogP contribution in [-0.4, -0.2) is 21.0 Å². The summed E-state index contributed by atoms with van der Waals surface area (Å²) >= 11 is 0. The topological polar surface area (TPSA) is 92.0 Å². The Balaban J connectivity index is 2.48. The number of nitrogens with one attached hydrogen (secondary N) is 1.